The third-order valence-electron chi connectivity index (χ3n) is 2.25. The SMILES string of the molecule is CCOCCN(C)Cc1ccnc(NN)c1. The van der Waals surface area contributed by atoms with Crippen LogP contribution in [0.25, 0.3) is 0 Å². The van der Waals surface area contributed by atoms with Crippen molar-refractivity contribution in [2.24, 2.45) is 5.84 Å². The summed E-state index contributed by atoms with van der Waals surface area (Å²) >= 11 is 0. The number of likely N-dealkylation sites (N-methyl/N-ethyl adjacent to an activating group) is 1. The molecule has 0 spiro atoms. The van der Waals surface area contributed by atoms with Gasteiger partial charge in [0.05, 0.1) is 6.61 Å². The maximum Gasteiger partial charge on any atom is 0.140 e. The largest absolute Gasteiger partial charge is 0.380 e. The lowest BCUT2D eigenvalue weighted by Crippen LogP contribution is -2.23. The Labute approximate surface area is 96.6 Å². The van der Waals surface area contributed by atoms with Crippen molar-refractivity contribution >= 4 is 5.82 Å². The van der Waals surface area contributed by atoms with Crippen molar-refractivity contribution in [3.63, 3.8) is 0 Å². The van der Waals surface area contributed by atoms with Crippen molar-refractivity contribution in [3.05, 3.63) is 23.9 Å². The molecular weight excluding hydrogens is 204 g/mol. The first kappa shape index (κ1) is 12.9. The molecular formula is C11H20N4O. The van der Waals surface area contributed by atoms with Crippen LogP contribution in [0.4, 0.5) is 5.82 Å². The molecule has 5 nitrogen and oxygen atoms in total. The van der Waals surface area contributed by atoms with Crippen LogP contribution in [0.3, 0.4) is 0 Å². The first-order valence-electron chi connectivity index (χ1n) is 5.44. The summed E-state index contributed by atoms with van der Waals surface area (Å²) in [5, 5.41) is 0. The molecule has 1 aromatic heterocycles. The molecule has 1 rings (SSSR count). The smallest absolute Gasteiger partial charge is 0.140 e. The number of anilines is 1. The Morgan fingerprint density at radius 1 is 1.56 bits per heavy atom. The van der Waals surface area contributed by atoms with E-state index in [1.165, 1.54) is 5.56 Å². The maximum atomic E-state index is 5.30. The number of nitrogens with zero attached hydrogens (tertiary/aromatic N) is 2. The highest BCUT2D eigenvalue weighted by Gasteiger charge is 2.01. The Bertz CT molecular complexity index is 306. The van der Waals surface area contributed by atoms with Gasteiger partial charge in [-0.15, -0.1) is 0 Å². The molecule has 0 unspecified atom stereocenters. The average Bonchev–Trinajstić information content (AvgIpc) is 2.29. The Kier molecular flexibility index (Phi) is 5.77. The van der Waals surface area contributed by atoms with Gasteiger partial charge in [-0.05, 0) is 31.7 Å². The number of aromatic nitrogens is 1. The number of hydrogen-bond acceptors (Lipinski definition) is 5. The number of nitrogens with one attached hydrogen (secondary N) is 1. The predicted octanol–water partition coefficient (Wildman–Crippen LogP) is 0.836. The highest BCUT2D eigenvalue weighted by Crippen LogP contribution is 2.07. The minimum Gasteiger partial charge on any atom is -0.380 e. The summed E-state index contributed by atoms with van der Waals surface area (Å²) in [5.74, 6) is 5.99. The van der Waals surface area contributed by atoms with Gasteiger partial charge in [0.25, 0.3) is 0 Å². The molecule has 0 saturated carbocycles. The minimum absolute atomic E-state index is 0.690. The van der Waals surface area contributed by atoms with E-state index in [0.717, 1.165) is 26.3 Å². The summed E-state index contributed by atoms with van der Waals surface area (Å²) in [6, 6.07) is 3.93. The maximum absolute atomic E-state index is 5.30. The topological polar surface area (TPSA) is 63.4 Å². The summed E-state index contributed by atoms with van der Waals surface area (Å²) < 4.78 is 5.30. The number of ether oxygens (including phenoxy) is 1. The summed E-state index contributed by atoms with van der Waals surface area (Å²) in [4.78, 5) is 6.26. The molecule has 0 saturated heterocycles. The van der Waals surface area contributed by atoms with Gasteiger partial charge >= 0.3 is 0 Å². The minimum atomic E-state index is 0.690. The van der Waals surface area contributed by atoms with Crippen LogP contribution in [0.15, 0.2) is 18.3 Å². The van der Waals surface area contributed by atoms with Gasteiger partial charge < -0.3 is 10.2 Å². The molecule has 0 aliphatic carbocycles. The monoisotopic (exact) mass is 224 g/mol. The summed E-state index contributed by atoms with van der Waals surface area (Å²) in [7, 11) is 2.06. The molecule has 1 heterocycles. The van der Waals surface area contributed by atoms with Crippen molar-refractivity contribution in [1.82, 2.24) is 9.88 Å². The fraction of sp³-hybridized carbons (Fsp3) is 0.545. The lowest BCUT2D eigenvalue weighted by Gasteiger charge is -2.16. The van der Waals surface area contributed by atoms with E-state index >= 15 is 0 Å². The van der Waals surface area contributed by atoms with E-state index in [1.807, 2.05) is 19.1 Å². The van der Waals surface area contributed by atoms with Gasteiger partial charge in [-0.3, -0.25) is 4.90 Å². The molecule has 90 valence electrons. The number of pyridine rings is 1. The van der Waals surface area contributed by atoms with Crippen molar-refractivity contribution in [1.29, 1.82) is 0 Å². The van der Waals surface area contributed by atoms with E-state index in [-0.39, 0.29) is 0 Å². The molecule has 16 heavy (non-hydrogen) atoms. The molecule has 1 aromatic rings. The highest BCUT2D eigenvalue weighted by molar-refractivity contribution is 5.35. The van der Waals surface area contributed by atoms with Gasteiger partial charge in [-0.25, -0.2) is 10.8 Å². The van der Waals surface area contributed by atoms with Crippen LogP contribution in [0, 0.1) is 0 Å². The van der Waals surface area contributed by atoms with Gasteiger partial charge in [0.15, 0.2) is 0 Å². The van der Waals surface area contributed by atoms with Crippen molar-refractivity contribution in [2.75, 3.05) is 32.2 Å². The van der Waals surface area contributed by atoms with Gasteiger partial charge in [0.2, 0.25) is 0 Å². The summed E-state index contributed by atoms with van der Waals surface area (Å²) in [5.41, 5.74) is 3.72. The van der Waals surface area contributed by atoms with Crippen LogP contribution in [-0.4, -0.2) is 36.7 Å². The third-order valence-corrected chi connectivity index (χ3v) is 2.25. The van der Waals surface area contributed by atoms with E-state index in [0.29, 0.717) is 5.82 Å². The number of nitrogens with two attached hydrogens (primary N) is 1. The van der Waals surface area contributed by atoms with Gasteiger partial charge in [0.1, 0.15) is 5.82 Å². The standard InChI is InChI=1S/C11H20N4O/c1-3-16-7-6-15(2)9-10-4-5-13-11(8-10)14-12/h4-5,8H,3,6-7,9,12H2,1-2H3,(H,13,14). The molecule has 0 radical (unpaired) electrons. The molecule has 0 amide bonds. The molecule has 5 heteroatoms. The summed E-state index contributed by atoms with van der Waals surface area (Å²) in [6.07, 6.45) is 1.75. The third kappa shape index (κ3) is 4.57. The van der Waals surface area contributed by atoms with E-state index in [9.17, 15) is 0 Å². The van der Waals surface area contributed by atoms with Crippen LogP contribution in [-0.2, 0) is 11.3 Å². The zero-order valence-corrected chi connectivity index (χ0v) is 9.94. The normalized spacial score (nSPS) is 10.8. The molecule has 0 aromatic carbocycles. The number of rotatable bonds is 7. The van der Waals surface area contributed by atoms with Gasteiger partial charge in [-0.2, -0.15) is 0 Å². The fourth-order valence-electron chi connectivity index (χ4n) is 1.41. The van der Waals surface area contributed by atoms with Crippen LogP contribution in [0.2, 0.25) is 0 Å². The summed E-state index contributed by atoms with van der Waals surface area (Å²) in [6.45, 7) is 5.32. The number of hydrazine groups is 1. The van der Waals surface area contributed by atoms with E-state index in [2.05, 4.69) is 22.4 Å². The lowest BCUT2D eigenvalue weighted by atomic mass is 10.2. The van der Waals surface area contributed by atoms with E-state index in [1.54, 1.807) is 6.20 Å². The molecule has 0 aliphatic heterocycles. The second-order valence-electron chi connectivity index (χ2n) is 3.63. The second kappa shape index (κ2) is 7.16. The van der Waals surface area contributed by atoms with Crippen molar-refractivity contribution < 1.29 is 4.74 Å². The quantitative estimate of drug-likeness (QED) is 0.408. The van der Waals surface area contributed by atoms with E-state index in [4.69, 9.17) is 10.6 Å². The first-order chi connectivity index (χ1) is 7.76. The van der Waals surface area contributed by atoms with Crippen LogP contribution in [0.1, 0.15) is 12.5 Å². The Balaban J connectivity index is 2.39. The highest BCUT2D eigenvalue weighted by atomic mass is 16.5. The Morgan fingerprint density at radius 2 is 2.38 bits per heavy atom. The zero-order valence-electron chi connectivity index (χ0n) is 9.94. The molecule has 3 N–H and O–H groups in total. The predicted molar refractivity (Wildman–Crippen MR) is 64.9 cm³/mol. The first-order valence-corrected chi connectivity index (χ1v) is 5.44. The molecule has 0 bridgehead atoms. The Hall–Kier alpha value is -1.17. The van der Waals surface area contributed by atoms with Crippen molar-refractivity contribution in [2.45, 2.75) is 13.5 Å². The average molecular weight is 224 g/mol. The van der Waals surface area contributed by atoms with Crippen LogP contribution in [0.5, 0.6) is 0 Å². The van der Waals surface area contributed by atoms with E-state index < -0.39 is 0 Å². The Morgan fingerprint density at radius 3 is 3.06 bits per heavy atom. The van der Waals surface area contributed by atoms with Crippen molar-refractivity contribution in [3.8, 4) is 0 Å². The van der Waals surface area contributed by atoms with Gasteiger partial charge in [-0.1, -0.05) is 0 Å². The van der Waals surface area contributed by atoms with Crippen LogP contribution >= 0.6 is 0 Å². The number of hydrogen-bond donors (Lipinski definition) is 2. The number of nitrogen functional groups attached to an aromatic ring is 1. The fourth-order valence-corrected chi connectivity index (χ4v) is 1.41. The molecule has 0 aliphatic rings. The molecule has 0 fully saturated rings. The van der Waals surface area contributed by atoms with Crippen LogP contribution < -0.4 is 11.3 Å². The molecule has 0 atom stereocenters. The van der Waals surface area contributed by atoms with Gasteiger partial charge in [0, 0.05) is 25.9 Å². The zero-order chi connectivity index (χ0) is 11.8. The lowest BCUT2D eigenvalue weighted by molar-refractivity contribution is 0.120. The second-order valence-corrected chi connectivity index (χ2v) is 3.63.